The third-order valence-electron chi connectivity index (χ3n) is 7.23. The van der Waals surface area contributed by atoms with Crippen LogP contribution >= 0.6 is 0 Å². The summed E-state index contributed by atoms with van der Waals surface area (Å²) in [7, 11) is 1.82. The van der Waals surface area contributed by atoms with E-state index < -0.39 is 0 Å². The van der Waals surface area contributed by atoms with E-state index in [0.29, 0.717) is 11.7 Å². The maximum absolute atomic E-state index is 13.1. The number of ketones is 1. The van der Waals surface area contributed by atoms with Crippen LogP contribution in [0.3, 0.4) is 0 Å². The van der Waals surface area contributed by atoms with Crippen LogP contribution in [-0.4, -0.2) is 27.8 Å². The second kappa shape index (κ2) is 6.27. The van der Waals surface area contributed by atoms with Gasteiger partial charge in [-0.1, -0.05) is 0 Å². The van der Waals surface area contributed by atoms with Crippen molar-refractivity contribution in [2.45, 2.75) is 62.7 Å². The summed E-state index contributed by atoms with van der Waals surface area (Å²) in [5.74, 6) is 1.11. The Morgan fingerprint density at radius 1 is 1.25 bits per heavy atom. The van der Waals surface area contributed by atoms with Crippen molar-refractivity contribution in [3.8, 4) is 0 Å². The van der Waals surface area contributed by atoms with Crippen molar-refractivity contribution in [2.24, 2.45) is 16.7 Å². The van der Waals surface area contributed by atoms with Crippen LogP contribution in [0.2, 0.25) is 10.1 Å². The second-order valence-electron chi connectivity index (χ2n) is 8.21. The molecule has 0 N–H and O–H groups in total. The van der Waals surface area contributed by atoms with E-state index in [1.165, 1.54) is 12.0 Å². The Bertz CT molecular complexity index is 606. The quantitative estimate of drug-likeness (QED) is 0.645. The van der Waals surface area contributed by atoms with E-state index in [1.54, 1.807) is 0 Å². The van der Waals surface area contributed by atoms with Crippen molar-refractivity contribution in [3.05, 3.63) is 35.9 Å². The van der Waals surface area contributed by atoms with Gasteiger partial charge in [0.2, 0.25) is 0 Å². The molecule has 0 spiro atoms. The van der Waals surface area contributed by atoms with Crippen molar-refractivity contribution < 1.29 is 9.53 Å². The molecular weight excluding hydrogens is 363 g/mol. The molecule has 4 atom stereocenters. The Morgan fingerprint density at radius 3 is 2.42 bits per heavy atom. The van der Waals surface area contributed by atoms with E-state index in [1.807, 2.05) is 13.2 Å². The number of hydrogen-bond donors (Lipinski definition) is 0. The molecule has 0 saturated heterocycles. The molecule has 0 radical (unpaired) electrons. The monoisotopic (exact) mass is 394 g/mol. The minimum absolute atomic E-state index is 0.0984. The van der Waals surface area contributed by atoms with Crippen LogP contribution in [-0.2, 0) is 15.1 Å². The van der Waals surface area contributed by atoms with Crippen molar-refractivity contribution in [1.82, 2.24) is 0 Å². The molecule has 0 aromatic heterocycles. The van der Waals surface area contributed by atoms with Gasteiger partial charge >= 0.3 is 153 Å². The maximum atomic E-state index is 13.1. The average molecular weight is 393 g/mol. The van der Waals surface area contributed by atoms with Gasteiger partial charge in [-0.2, -0.15) is 0 Å². The summed E-state index contributed by atoms with van der Waals surface area (Å²) in [5.41, 5.74) is 1.07. The van der Waals surface area contributed by atoms with Gasteiger partial charge in [0.05, 0.1) is 0 Å². The number of methoxy groups -OCH3 is 1. The predicted molar refractivity (Wildman–Crippen MR) is 99.4 cm³/mol. The molecule has 2 aliphatic carbocycles. The Balaban J connectivity index is 1.81. The van der Waals surface area contributed by atoms with E-state index in [9.17, 15) is 4.79 Å². The first-order valence-corrected chi connectivity index (χ1v) is 11.3. The van der Waals surface area contributed by atoms with E-state index in [4.69, 9.17) is 4.74 Å². The fourth-order valence-corrected chi connectivity index (χ4v) is 9.19. The van der Waals surface area contributed by atoms with Crippen LogP contribution in [0.5, 0.6) is 0 Å². The summed E-state index contributed by atoms with van der Waals surface area (Å²) < 4.78 is 6.03. The number of Topliss-reactive ketones (excluding diaryl/α,β-unsaturated/α-hetero) is 1. The third kappa shape index (κ3) is 2.43. The molecule has 24 heavy (non-hydrogen) atoms. The van der Waals surface area contributed by atoms with Gasteiger partial charge in [-0.3, -0.25) is 0 Å². The Morgan fingerprint density at radius 2 is 1.92 bits per heavy atom. The average Bonchev–Trinajstić information content (AvgIpc) is 2.90. The molecule has 1 aromatic carbocycles. The standard InChI is InChI=1S/C21H30O2Se/c1-6-21(23-5,15-10-8-7-9-11-15)14-24-17-16-12-13-20(4,18(17)22)19(16,2)3/h7-11,16-17H,6,12-14H2,1-5H3/t16-,17+,20+,21?/m1/s1. The van der Waals surface area contributed by atoms with Gasteiger partial charge < -0.3 is 0 Å². The third-order valence-corrected chi connectivity index (χ3v) is 10.4. The Labute approximate surface area is 152 Å². The van der Waals surface area contributed by atoms with Gasteiger partial charge in [-0.15, -0.1) is 0 Å². The Kier molecular flexibility index (Phi) is 4.75. The molecule has 2 saturated carbocycles. The number of hydrogen-bond acceptors (Lipinski definition) is 2. The van der Waals surface area contributed by atoms with Gasteiger partial charge in [0.15, 0.2) is 0 Å². The SMILES string of the molecule is CCC(C[Se][C@@H]1C(=O)[C@]2(C)CC[C@H]1C2(C)C)(OC)c1ccccc1. The van der Waals surface area contributed by atoms with Crippen LogP contribution < -0.4 is 0 Å². The second-order valence-corrected chi connectivity index (χ2v) is 10.6. The number of ether oxygens (including phenoxy) is 1. The summed E-state index contributed by atoms with van der Waals surface area (Å²) in [6, 6.07) is 10.5. The van der Waals surface area contributed by atoms with Crippen LogP contribution in [0.4, 0.5) is 0 Å². The summed E-state index contributed by atoms with van der Waals surface area (Å²) in [4.78, 5) is 13.4. The first-order chi connectivity index (χ1) is 11.3. The zero-order valence-electron chi connectivity index (χ0n) is 15.6. The normalized spacial score (nSPS) is 33.6. The molecule has 0 aliphatic heterocycles. The van der Waals surface area contributed by atoms with Crippen LogP contribution in [0, 0.1) is 16.7 Å². The number of carbonyl (C=O) groups excluding carboxylic acids is 1. The molecule has 0 heterocycles. The summed E-state index contributed by atoms with van der Waals surface area (Å²) in [5, 5.41) is 0.982. The van der Waals surface area contributed by atoms with Gasteiger partial charge in [0.1, 0.15) is 0 Å². The molecule has 2 aliphatic rings. The first-order valence-electron chi connectivity index (χ1n) is 9.09. The van der Waals surface area contributed by atoms with Crippen LogP contribution in [0.15, 0.2) is 30.3 Å². The molecule has 0 amide bonds. The molecule has 1 aromatic rings. The van der Waals surface area contributed by atoms with E-state index >= 15 is 0 Å². The molecule has 3 heteroatoms. The fourth-order valence-electron chi connectivity index (χ4n) is 4.87. The Hall–Kier alpha value is -0.631. The van der Waals surface area contributed by atoms with Gasteiger partial charge in [-0.25, -0.2) is 0 Å². The predicted octanol–water partition coefficient (Wildman–Crippen LogP) is 4.87. The van der Waals surface area contributed by atoms with Gasteiger partial charge in [-0.05, 0) is 0 Å². The van der Waals surface area contributed by atoms with Gasteiger partial charge in [0.25, 0.3) is 0 Å². The first kappa shape index (κ1) is 18.2. The van der Waals surface area contributed by atoms with Crippen molar-refractivity contribution in [1.29, 1.82) is 0 Å². The van der Waals surface area contributed by atoms with Crippen molar-refractivity contribution in [3.63, 3.8) is 0 Å². The van der Waals surface area contributed by atoms with Crippen LogP contribution in [0.1, 0.15) is 52.5 Å². The molecule has 1 unspecified atom stereocenters. The van der Waals surface area contributed by atoms with Gasteiger partial charge in [0, 0.05) is 0 Å². The number of fused-ring (bicyclic) bond motifs is 2. The molecular formula is C21H30O2Se. The number of carbonyl (C=O) groups is 1. The van der Waals surface area contributed by atoms with Crippen molar-refractivity contribution >= 4 is 20.7 Å². The molecule has 3 rings (SSSR count). The zero-order chi connectivity index (χ0) is 17.6. The molecule has 2 fully saturated rings. The van der Waals surface area contributed by atoms with Crippen LogP contribution in [0.25, 0.3) is 0 Å². The summed E-state index contributed by atoms with van der Waals surface area (Å²) in [6.45, 7) is 9.05. The van der Waals surface area contributed by atoms with Crippen molar-refractivity contribution in [2.75, 3.05) is 7.11 Å². The molecule has 2 nitrogen and oxygen atoms in total. The fraction of sp³-hybridized carbons (Fsp3) is 0.667. The van der Waals surface area contributed by atoms with E-state index in [2.05, 4.69) is 52.0 Å². The van der Waals surface area contributed by atoms with E-state index in [0.717, 1.165) is 18.2 Å². The topological polar surface area (TPSA) is 26.3 Å². The molecule has 132 valence electrons. The minimum atomic E-state index is -0.242. The zero-order valence-corrected chi connectivity index (χ0v) is 17.3. The van der Waals surface area contributed by atoms with E-state index in [-0.39, 0.29) is 36.2 Å². The molecule has 2 bridgehead atoms. The number of rotatable bonds is 6. The number of benzene rings is 1. The summed E-state index contributed by atoms with van der Waals surface area (Å²) in [6.07, 6.45) is 3.25. The summed E-state index contributed by atoms with van der Waals surface area (Å²) >= 11 is 0.277.